The minimum absolute atomic E-state index is 0.109. The summed E-state index contributed by atoms with van der Waals surface area (Å²) in [6.07, 6.45) is 3.26. The maximum atomic E-state index is 12.6. The highest BCUT2D eigenvalue weighted by atomic mass is 32.2. The first-order valence-electron chi connectivity index (χ1n) is 8.72. The van der Waals surface area contributed by atoms with Crippen molar-refractivity contribution in [3.63, 3.8) is 0 Å². The first-order chi connectivity index (χ1) is 12.6. The van der Waals surface area contributed by atoms with E-state index in [2.05, 4.69) is 25.1 Å². The Hall–Kier alpha value is -2.33. The van der Waals surface area contributed by atoms with E-state index >= 15 is 0 Å². The molecule has 0 unspecified atom stereocenters. The Labute approximate surface area is 159 Å². The molecule has 2 heterocycles. The molecule has 0 spiro atoms. The SMILES string of the molecule is CNC(=O)c1cnc(C)nc1CCNS(=O)(=O)c1cn(CC(C)C)nc1C. The van der Waals surface area contributed by atoms with Gasteiger partial charge in [-0.2, -0.15) is 5.10 Å². The third-order valence-electron chi connectivity index (χ3n) is 3.86. The van der Waals surface area contributed by atoms with E-state index in [1.807, 2.05) is 13.8 Å². The quantitative estimate of drug-likeness (QED) is 0.684. The van der Waals surface area contributed by atoms with Crippen LogP contribution in [0.2, 0.25) is 0 Å². The van der Waals surface area contributed by atoms with E-state index in [0.717, 1.165) is 0 Å². The van der Waals surface area contributed by atoms with Crippen LogP contribution in [0, 0.1) is 19.8 Å². The van der Waals surface area contributed by atoms with Gasteiger partial charge in [0.25, 0.3) is 5.91 Å². The highest BCUT2D eigenvalue weighted by Gasteiger charge is 2.21. The molecular formula is C17H26N6O3S. The molecule has 0 aliphatic rings. The molecule has 0 radical (unpaired) electrons. The lowest BCUT2D eigenvalue weighted by Crippen LogP contribution is -2.28. The van der Waals surface area contributed by atoms with E-state index in [0.29, 0.717) is 35.2 Å². The van der Waals surface area contributed by atoms with Crippen LogP contribution < -0.4 is 10.0 Å². The normalized spacial score (nSPS) is 11.8. The number of sulfonamides is 1. The molecule has 0 bridgehead atoms. The molecule has 0 fully saturated rings. The van der Waals surface area contributed by atoms with Crippen molar-refractivity contribution >= 4 is 15.9 Å². The lowest BCUT2D eigenvalue weighted by Gasteiger charge is -2.09. The molecule has 148 valence electrons. The number of carbonyl (C=O) groups is 1. The van der Waals surface area contributed by atoms with Gasteiger partial charge in [-0.15, -0.1) is 0 Å². The second-order valence-electron chi connectivity index (χ2n) is 6.70. The van der Waals surface area contributed by atoms with Crippen LogP contribution in [0.15, 0.2) is 17.3 Å². The molecule has 2 aromatic rings. The first kappa shape index (κ1) is 21.0. The Balaban J connectivity index is 2.12. The van der Waals surface area contributed by atoms with E-state index in [1.54, 1.807) is 24.7 Å². The molecule has 2 N–H and O–H groups in total. The van der Waals surface area contributed by atoms with Crippen molar-refractivity contribution in [1.29, 1.82) is 0 Å². The molecular weight excluding hydrogens is 368 g/mol. The number of hydrogen-bond acceptors (Lipinski definition) is 6. The van der Waals surface area contributed by atoms with Crippen LogP contribution in [0.1, 0.15) is 41.4 Å². The molecule has 9 nitrogen and oxygen atoms in total. The summed E-state index contributed by atoms with van der Waals surface area (Å²) in [6.45, 7) is 8.22. The number of aromatic nitrogens is 4. The Morgan fingerprint density at radius 2 is 2.00 bits per heavy atom. The number of rotatable bonds is 8. The van der Waals surface area contributed by atoms with Gasteiger partial charge in [0.1, 0.15) is 10.7 Å². The van der Waals surface area contributed by atoms with Gasteiger partial charge in [-0.25, -0.2) is 23.1 Å². The van der Waals surface area contributed by atoms with Gasteiger partial charge in [0.05, 0.1) is 17.0 Å². The van der Waals surface area contributed by atoms with Gasteiger partial charge in [-0.05, 0) is 19.8 Å². The van der Waals surface area contributed by atoms with Crippen molar-refractivity contribution in [2.24, 2.45) is 5.92 Å². The summed E-state index contributed by atoms with van der Waals surface area (Å²) in [5, 5.41) is 6.80. The minimum Gasteiger partial charge on any atom is -0.355 e. The third kappa shape index (κ3) is 5.33. The van der Waals surface area contributed by atoms with Gasteiger partial charge in [0.15, 0.2) is 0 Å². The van der Waals surface area contributed by atoms with Crippen molar-refractivity contribution < 1.29 is 13.2 Å². The molecule has 0 saturated heterocycles. The van der Waals surface area contributed by atoms with E-state index < -0.39 is 10.0 Å². The van der Waals surface area contributed by atoms with E-state index in [4.69, 9.17) is 0 Å². The van der Waals surface area contributed by atoms with Crippen molar-refractivity contribution in [2.45, 2.75) is 45.6 Å². The summed E-state index contributed by atoms with van der Waals surface area (Å²) in [5.41, 5.74) is 1.28. The fourth-order valence-corrected chi connectivity index (χ4v) is 3.86. The average Bonchev–Trinajstić information content (AvgIpc) is 2.94. The summed E-state index contributed by atoms with van der Waals surface area (Å²) < 4.78 is 29.4. The maximum absolute atomic E-state index is 12.6. The number of amides is 1. The molecule has 2 aromatic heterocycles. The smallest absolute Gasteiger partial charge is 0.254 e. The number of nitrogens with zero attached hydrogens (tertiary/aromatic N) is 4. The van der Waals surface area contributed by atoms with Crippen LogP contribution in [0.3, 0.4) is 0 Å². The topological polar surface area (TPSA) is 119 Å². The highest BCUT2D eigenvalue weighted by Crippen LogP contribution is 2.14. The minimum atomic E-state index is -3.70. The second kappa shape index (κ2) is 8.57. The van der Waals surface area contributed by atoms with Crippen LogP contribution in [0.5, 0.6) is 0 Å². The summed E-state index contributed by atoms with van der Waals surface area (Å²) in [5.74, 6) is 0.571. The van der Waals surface area contributed by atoms with Crippen LogP contribution in [0.4, 0.5) is 0 Å². The Morgan fingerprint density at radius 3 is 2.63 bits per heavy atom. The predicted octanol–water partition coefficient (Wildman–Crippen LogP) is 0.827. The van der Waals surface area contributed by atoms with Crippen molar-refractivity contribution in [3.05, 3.63) is 35.2 Å². The number of carbonyl (C=O) groups excluding carboxylic acids is 1. The first-order valence-corrected chi connectivity index (χ1v) is 10.2. The molecule has 10 heteroatoms. The Morgan fingerprint density at radius 1 is 1.30 bits per heavy atom. The zero-order valence-corrected chi connectivity index (χ0v) is 17.1. The van der Waals surface area contributed by atoms with Gasteiger partial charge in [-0.3, -0.25) is 9.48 Å². The largest absolute Gasteiger partial charge is 0.355 e. The van der Waals surface area contributed by atoms with Gasteiger partial charge in [0, 0.05) is 39.0 Å². The molecule has 1 amide bonds. The van der Waals surface area contributed by atoms with Crippen molar-refractivity contribution in [1.82, 2.24) is 29.8 Å². The van der Waals surface area contributed by atoms with Crippen molar-refractivity contribution in [2.75, 3.05) is 13.6 Å². The fraction of sp³-hybridized carbons (Fsp3) is 0.529. The van der Waals surface area contributed by atoms with Crippen LogP contribution in [-0.2, 0) is 23.0 Å². The van der Waals surface area contributed by atoms with Gasteiger partial charge in [-0.1, -0.05) is 13.8 Å². The zero-order chi connectivity index (χ0) is 20.2. The summed E-state index contributed by atoms with van der Waals surface area (Å²) >= 11 is 0. The molecule has 0 saturated carbocycles. The summed E-state index contributed by atoms with van der Waals surface area (Å²) in [6, 6.07) is 0. The molecule has 0 aliphatic carbocycles. The second-order valence-corrected chi connectivity index (χ2v) is 8.43. The molecule has 0 aliphatic heterocycles. The molecule has 0 atom stereocenters. The maximum Gasteiger partial charge on any atom is 0.254 e. The van der Waals surface area contributed by atoms with Gasteiger partial charge < -0.3 is 5.32 Å². The van der Waals surface area contributed by atoms with Gasteiger partial charge in [0.2, 0.25) is 10.0 Å². The Bertz CT molecular complexity index is 921. The Kier molecular flexibility index (Phi) is 6.66. The number of aryl methyl sites for hydroxylation is 2. The lowest BCUT2D eigenvalue weighted by molar-refractivity contribution is 0.0961. The standard InChI is InChI=1S/C17H26N6O3S/c1-11(2)9-23-10-16(12(3)22-23)27(25,26)20-7-6-15-14(17(24)18-5)8-19-13(4)21-15/h8,10-11,20H,6-7,9H2,1-5H3,(H,18,24). The van der Waals surface area contributed by atoms with E-state index in [9.17, 15) is 13.2 Å². The monoisotopic (exact) mass is 394 g/mol. The lowest BCUT2D eigenvalue weighted by atomic mass is 10.1. The third-order valence-corrected chi connectivity index (χ3v) is 5.42. The molecule has 0 aromatic carbocycles. The van der Waals surface area contributed by atoms with Crippen LogP contribution in [0.25, 0.3) is 0 Å². The summed E-state index contributed by atoms with van der Waals surface area (Å²) in [7, 11) is -2.18. The van der Waals surface area contributed by atoms with Crippen molar-refractivity contribution in [3.8, 4) is 0 Å². The molecule has 27 heavy (non-hydrogen) atoms. The van der Waals surface area contributed by atoms with E-state index in [1.165, 1.54) is 13.2 Å². The summed E-state index contributed by atoms with van der Waals surface area (Å²) in [4.78, 5) is 20.4. The number of hydrogen-bond donors (Lipinski definition) is 2. The van der Waals surface area contributed by atoms with Gasteiger partial charge >= 0.3 is 0 Å². The zero-order valence-electron chi connectivity index (χ0n) is 16.3. The number of nitrogens with one attached hydrogen (secondary N) is 2. The predicted molar refractivity (Wildman–Crippen MR) is 101 cm³/mol. The fourth-order valence-electron chi connectivity index (χ4n) is 2.64. The van der Waals surface area contributed by atoms with Crippen LogP contribution in [-0.4, -0.2) is 47.7 Å². The average molecular weight is 395 g/mol. The van der Waals surface area contributed by atoms with E-state index in [-0.39, 0.29) is 23.8 Å². The van der Waals surface area contributed by atoms with Crippen LogP contribution >= 0.6 is 0 Å². The highest BCUT2D eigenvalue weighted by molar-refractivity contribution is 7.89. The molecule has 2 rings (SSSR count).